The molecule has 0 bridgehead atoms. The van der Waals surface area contributed by atoms with E-state index in [0.29, 0.717) is 53.1 Å². The van der Waals surface area contributed by atoms with Crippen molar-refractivity contribution in [1.29, 1.82) is 0 Å². The first-order valence-corrected chi connectivity index (χ1v) is 13.4. The first-order valence-electron chi connectivity index (χ1n) is 12.7. The summed E-state index contributed by atoms with van der Waals surface area (Å²) in [6, 6.07) is 3.02. The van der Waals surface area contributed by atoms with E-state index in [9.17, 15) is 9.90 Å². The van der Waals surface area contributed by atoms with Crippen LogP contribution in [-0.4, -0.2) is 83.4 Å². The molecule has 12 nitrogen and oxygen atoms in total. The van der Waals surface area contributed by atoms with Crippen LogP contribution in [0.4, 0.5) is 17.6 Å². The number of carbonyl (C=O) groups excluding carboxylic acids is 1. The summed E-state index contributed by atoms with van der Waals surface area (Å²) in [5.41, 5.74) is 1.47. The normalized spacial score (nSPS) is 19.9. The third kappa shape index (κ3) is 5.37. The molecule has 3 aromatic rings. The Balaban J connectivity index is 1.46. The zero-order valence-corrected chi connectivity index (χ0v) is 24.4. The Labute approximate surface area is 247 Å². The first-order chi connectivity index (χ1) is 19.6. The highest BCUT2D eigenvalue weighted by atomic mass is 35.5. The number of fused-ring (bicyclic) bond motifs is 1. The van der Waals surface area contributed by atoms with Crippen molar-refractivity contribution in [1.82, 2.24) is 25.1 Å². The average molecular weight is 601 g/mol. The van der Waals surface area contributed by atoms with Crippen LogP contribution in [0, 0.1) is 0 Å². The van der Waals surface area contributed by atoms with Gasteiger partial charge in [0.15, 0.2) is 12.0 Å². The summed E-state index contributed by atoms with van der Waals surface area (Å²) >= 11 is 13.3. The van der Waals surface area contributed by atoms with Gasteiger partial charge in [0.1, 0.15) is 17.3 Å². The van der Waals surface area contributed by atoms with Crippen LogP contribution in [0.3, 0.4) is 0 Å². The highest BCUT2D eigenvalue weighted by Crippen LogP contribution is 2.47. The summed E-state index contributed by atoms with van der Waals surface area (Å²) in [5.74, 6) is 2.07. The molecule has 0 saturated carbocycles. The zero-order chi connectivity index (χ0) is 29.4. The molecule has 5 rings (SSSR count). The van der Waals surface area contributed by atoms with Gasteiger partial charge in [-0.2, -0.15) is 10.1 Å². The van der Waals surface area contributed by atoms with Gasteiger partial charge in [-0.3, -0.25) is 9.48 Å². The molecule has 3 unspecified atom stereocenters. The van der Waals surface area contributed by atoms with E-state index in [1.807, 2.05) is 19.3 Å². The number of aryl methyl sites for hydroxylation is 1. The van der Waals surface area contributed by atoms with Crippen molar-refractivity contribution in [3.05, 3.63) is 58.4 Å². The number of aromatic nitrogens is 4. The predicted molar refractivity (Wildman–Crippen MR) is 159 cm³/mol. The smallest absolute Gasteiger partial charge is 0.243 e. The van der Waals surface area contributed by atoms with Gasteiger partial charge in [0.05, 0.1) is 36.3 Å². The van der Waals surface area contributed by atoms with E-state index in [2.05, 4.69) is 32.2 Å². The lowest BCUT2D eigenvalue weighted by atomic mass is 9.97. The molecule has 2 aliphatic heterocycles. The standard InChI is InChI=1S/C27H30Cl2N8O4/c1-6-21(38)31-16-12-37(20-7-8-35(2)34-20)13-17(16)32-27-30-11-14-9-15(26(39)36(3)25(14)33-27)22-23(28)18(40-4)10-19(41-5)24(22)29/h6-11,16-17,26,39H,1,12-13H2,2-5H3,(H,31,38)(H,30,32,33). The molecule has 0 radical (unpaired) electrons. The Kier molecular flexibility index (Phi) is 7.98. The van der Waals surface area contributed by atoms with Gasteiger partial charge in [0.25, 0.3) is 0 Å². The number of hydrogen-bond donors (Lipinski definition) is 3. The van der Waals surface area contributed by atoms with Crippen LogP contribution < -0.4 is 29.9 Å². The van der Waals surface area contributed by atoms with Crippen molar-refractivity contribution >= 4 is 58.3 Å². The fraction of sp³-hybridized carbons (Fsp3) is 0.333. The summed E-state index contributed by atoms with van der Waals surface area (Å²) < 4.78 is 12.5. The summed E-state index contributed by atoms with van der Waals surface area (Å²) in [7, 11) is 6.53. The maximum atomic E-state index is 12.2. The van der Waals surface area contributed by atoms with E-state index >= 15 is 0 Å². The summed E-state index contributed by atoms with van der Waals surface area (Å²) in [4.78, 5) is 25.1. The second-order valence-corrected chi connectivity index (χ2v) is 10.4. The number of aliphatic hydroxyl groups excluding tert-OH is 1. The number of benzene rings is 1. The predicted octanol–water partition coefficient (Wildman–Crippen LogP) is 2.81. The van der Waals surface area contributed by atoms with Gasteiger partial charge < -0.3 is 35.0 Å². The number of nitrogens with one attached hydrogen (secondary N) is 2. The van der Waals surface area contributed by atoms with Crippen LogP contribution in [-0.2, 0) is 11.8 Å². The Hall–Kier alpha value is -4.00. The average Bonchev–Trinajstić information content (AvgIpc) is 3.57. The van der Waals surface area contributed by atoms with Gasteiger partial charge in [-0.05, 0) is 12.2 Å². The number of carbonyl (C=O) groups is 1. The van der Waals surface area contributed by atoms with Crippen LogP contribution in [0.2, 0.25) is 10.0 Å². The molecular formula is C27H30Cl2N8O4. The third-order valence-electron chi connectivity index (χ3n) is 7.12. The molecule has 1 aromatic carbocycles. The molecule has 1 amide bonds. The lowest BCUT2D eigenvalue weighted by Crippen LogP contribution is -2.45. The molecule has 2 aromatic heterocycles. The summed E-state index contributed by atoms with van der Waals surface area (Å²) in [5, 5.41) is 22.6. The fourth-order valence-corrected chi connectivity index (χ4v) is 5.72. The Morgan fingerprint density at radius 1 is 1.17 bits per heavy atom. The van der Waals surface area contributed by atoms with Gasteiger partial charge in [0.2, 0.25) is 11.9 Å². The molecule has 2 aliphatic rings. The number of anilines is 3. The highest BCUT2D eigenvalue weighted by Gasteiger charge is 2.36. The summed E-state index contributed by atoms with van der Waals surface area (Å²) in [6.07, 6.45) is 5.36. The number of aliphatic hydroxyl groups is 1. The Morgan fingerprint density at radius 2 is 1.85 bits per heavy atom. The summed E-state index contributed by atoms with van der Waals surface area (Å²) in [6.45, 7) is 4.65. The fourth-order valence-electron chi connectivity index (χ4n) is 5.01. The number of nitrogens with zero attached hydrogens (tertiary/aromatic N) is 6. The number of hydrogen-bond acceptors (Lipinski definition) is 10. The van der Waals surface area contributed by atoms with Crippen molar-refractivity contribution in [2.75, 3.05) is 49.5 Å². The molecule has 0 aliphatic carbocycles. The number of amides is 1. The number of rotatable bonds is 8. The van der Waals surface area contributed by atoms with Crippen LogP contribution in [0.15, 0.2) is 37.2 Å². The molecule has 14 heteroatoms. The number of ether oxygens (including phenoxy) is 2. The minimum atomic E-state index is -1.14. The maximum Gasteiger partial charge on any atom is 0.243 e. The zero-order valence-electron chi connectivity index (χ0n) is 22.9. The van der Waals surface area contributed by atoms with Crippen LogP contribution in [0.25, 0.3) is 11.6 Å². The van der Waals surface area contributed by atoms with Crippen molar-refractivity contribution in [2.24, 2.45) is 7.05 Å². The maximum absolute atomic E-state index is 12.2. The Morgan fingerprint density at radius 3 is 2.46 bits per heavy atom. The van der Waals surface area contributed by atoms with E-state index in [1.165, 1.54) is 20.3 Å². The second-order valence-electron chi connectivity index (χ2n) is 9.66. The van der Waals surface area contributed by atoms with E-state index in [-0.39, 0.29) is 28.0 Å². The van der Waals surface area contributed by atoms with E-state index in [1.54, 1.807) is 35.0 Å². The van der Waals surface area contributed by atoms with Gasteiger partial charge in [-0.15, -0.1) is 0 Å². The highest BCUT2D eigenvalue weighted by molar-refractivity contribution is 6.40. The first kappa shape index (κ1) is 28.5. The topological polar surface area (TPSA) is 130 Å². The minimum Gasteiger partial charge on any atom is -0.495 e. The molecule has 1 fully saturated rings. The molecule has 3 atom stereocenters. The molecule has 3 N–H and O–H groups in total. The molecule has 4 heterocycles. The molecule has 1 saturated heterocycles. The van der Waals surface area contributed by atoms with E-state index < -0.39 is 6.23 Å². The number of methoxy groups -OCH3 is 2. The van der Waals surface area contributed by atoms with Gasteiger partial charge in [0, 0.05) is 68.4 Å². The lowest BCUT2D eigenvalue weighted by Gasteiger charge is -2.33. The van der Waals surface area contributed by atoms with Crippen molar-refractivity contribution in [3.8, 4) is 11.5 Å². The van der Waals surface area contributed by atoms with Crippen molar-refractivity contribution in [3.63, 3.8) is 0 Å². The molecular weight excluding hydrogens is 571 g/mol. The Bertz CT molecular complexity index is 1500. The molecule has 41 heavy (non-hydrogen) atoms. The third-order valence-corrected chi connectivity index (χ3v) is 7.87. The molecule has 216 valence electrons. The van der Waals surface area contributed by atoms with Gasteiger partial charge >= 0.3 is 0 Å². The van der Waals surface area contributed by atoms with Crippen LogP contribution in [0.5, 0.6) is 11.5 Å². The van der Waals surface area contributed by atoms with Gasteiger partial charge in [-0.1, -0.05) is 29.8 Å². The van der Waals surface area contributed by atoms with E-state index in [0.717, 1.165) is 5.82 Å². The van der Waals surface area contributed by atoms with Crippen molar-refractivity contribution in [2.45, 2.75) is 18.3 Å². The number of likely N-dealkylation sites (N-methyl/N-ethyl adjacent to an activating group) is 1. The van der Waals surface area contributed by atoms with E-state index in [4.69, 9.17) is 37.7 Å². The number of halogens is 2. The van der Waals surface area contributed by atoms with Crippen LogP contribution in [0.1, 0.15) is 11.1 Å². The largest absolute Gasteiger partial charge is 0.495 e. The second kappa shape index (κ2) is 11.5. The van der Waals surface area contributed by atoms with Crippen molar-refractivity contribution < 1.29 is 19.4 Å². The lowest BCUT2D eigenvalue weighted by molar-refractivity contribution is -0.117. The quantitative estimate of drug-likeness (QED) is 0.332. The van der Waals surface area contributed by atoms with Gasteiger partial charge in [-0.25, -0.2) is 4.98 Å². The van der Waals surface area contributed by atoms with Crippen LogP contribution >= 0.6 is 23.2 Å². The SMILES string of the molecule is C=CC(=O)NC1CN(c2ccn(C)n2)CC1Nc1ncc2c(n1)N(C)C(O)C(c1c(Cl)c(OC)cc(OC)c1Cl)=C2. The molecule has 0 spiro atoms. The monoisotopic (exact) mass is 600 g/mol. The minimum absolute atomic E-state index is 0.231.